The molecule has 0 fully saturated rings. The molecule has 1 aliphatic heterocycles. The molecule has 1 aliphatic rings. The van der Waals surface area contributed by atoms with E-state index in [0.29, 0.717) is 18.4 Å². The van der Waals surface area contributed by atoms with Crippen molar-refractivity contribution in [2.24, 2.45) is 11.8 Å². The summed E-state index contributed by atoms with van der Waals surface area (Å²) in [6.07, 6.45) is 4.17. The fourth-order valence-corrected chi connectivity index (χ4v) is 1.59. The Hall–Kier alpha value is -0.920. The third-order valence-corrected chi connectivity index (χ3v) is 2.28. The summed E-state index contributed by atoms with van der Waals surface area (Å²) in [5.41, 5.74) is 1.25. The van der Waals surface area contributed by atoms with E-state index in [-0.39, 0.29) is 0 Å². The second kappa shape index (κ2) is 5.08. The molecule has 1 N–H and O–H groups in total. The average molecular weight is 195 g/mol. The van der Waals surface area contributed by atoms with Gasteiger partial charge in [-0.15, -0.1) is 0 Å². The van der Waals surface area contributed by atoms with Gasteiger partial charge in [-0.05, 0) is 12.0 Å². The summed E-state index contributed by atoms with van der Waals surface area (Å²) in [5, 5.41) is 3.42. The first kappa shape index (κ1) is 11.2. The summed E-state index contributed by atoms with van der Waals surface area (Å²) in [7, 11) is 0. The van der Waals surface area contributed by atoms with Gasteiger partial charge in [-0.2, -0.15) is 0 Å². The quantitative estimate of drug-likeness (QED) is 0.684. The first-order valence-electron chi connectivity index (χ1n) is 5.38. The highest BCUT2D eigenvalue weighted by Crippen LogP contribution is 2.21. The fourth-order valence-electron chi connectivity index (χ4n) is 1.59. The first-order chi connectivity index (χ1) is 6.63. The molecule has 0 aliphatic carbocycles. The van der Waals surface area contributed by atoms with Crippen molar-refractivity contribution in [3.8, 4) is 0 Å². The molecule has 1 rings (SSSR count). The van der Waals surface area contributed by atoms with E-state index < -0.39 is 0 Å². The minimum atomic E-state index is 0.450. The van der Waals surface area contributed by atoms with Gasteiger partial charge in [-0.3, -0.25) is 0 Å². The van der Waals surface area contributed by atoms with Gasteiger partial charge < -0.3 is 10.1 Å². The molecule has 0 saturated carbocycles. The molecular formula is C12H21NO. The van der Waals surface area contributed by atoms with E-state index in [1.165, 1.54) is 5.70 Å². The molecule has 0 radical (unpaired) electrons. The van der Waals surface area contributed by atoms with Crippen LogP contribution in [0, 0.1) is 11.8 Å². The molecule has 1 heterocycles. The van der Waals surface area contributed by atoms with Gasteiger partial charge in [-0.1, -0.05) is 33.8 Å². The maximum absolute atomic E-state index is 5.75. The van der Waals surface area contributed by atoms with Crippen LogP contribution in [0.5, 0.6) is 0 Å². The Bertz CT molecular complexity index is 215. The zero-order chi connectivity index (χ0) is 10.6. The van der Waals surface area contributed by atoms with Crippen LogP contribution in [0.2, 0.25) is 0 Å². The van der Waals surface area contributed by atoms with Gasteiger partial charge in [0.05, 0.1) is 5.70 Å². The van der Waals surface area contributed by atoms with Crippen LogP contribution in [0.3, 0.4) is 0 Å². The van der Waals surface area contributed by atoms with Gasteiger partial charge in [0, 0.05) is 12.5 Å². The zero-order valence-electron chi connectivity index (χ0n) is 9.63. The monoisotopic (exact) mass is 195 g/mol. The number of hydrogen-bond donors (Lipinski definition) is 1. The van der Waals surface area contributed by atoms with Gasteiger partial charge >= 0.3 is 0 Å². The number of rotatable bonds is 2. The minimum Gasteiger partial charge on any atom is -0.492 e. The molecule has 0 spiro atoms. The van der Waals surface area contributed by atoms with Crippen molar-refractivity contribution >= 4 is 0 Å². The molecule has 0 unspecified atom stereocenters. The van der Waals surface area contributed by atoms with E-state index in [0.717, 1.165) is 12.3 Å². The van der Waals surface area contributed by atoms with E-state index in [2.05, 4.69) is 45.2 Å². The summed E-state index contributed by atoms with van der Waals surface area (Å²) in [5.74, 6) is 2.06. The predicted octanol–water partition coefficient (Wildman–Crippen LogP) is 2.69. The minimum absolute atomic E-state index is 0.450. The van der Waals surface area contributed by atoms with Crippen LogP contribution < -0.4 is 5.32 Å². The maximum Gasteiger partial charge on any atom is 0.118 e. The van der Waals surface area contributed by atoms with Crippen LogP contribution in [0.4, 0.5) is 0 Å². The van der Waals surface area contributed by atoms with Crippen molar-refractivity contribution in [3.63, 3.8) is 0 Å². The molecule has 2 nitrogen and oxygen atoms in total. The molecule has 0 aromatic rings. The van der Waals surface area contributed by atoms with Crippen molar-refractivity contribution in [2.45, 2.75) is 27.7 Å². The fraction of sp³-hybridized carbons (Fsp3) is 0.667. The lowest BCUT2D eigenvalue weighted by atomic mass is 10.0. The van der Waals surface area contributed by atoms with Gasteiger partial charge in [0.15, 0.2) is 0 Å². The number of hydrogen-bond acceptors (Lipinski definition) is 2. The zero-order valence-corrected chi connectivity index (χ0v) is 9.63. The molecule has 0 aromatic heterocycles. The lowest BCUT2D eigenvalue weighted by Crippen LogP contribution is -2.24. The molecule has 0 aromatic carbocycles. The third-order valence-electron chi connectivity index (χ3n) is 2.28. The molecular weight excluding hydrogens is 174 g/mol. The molecule has 14 heavy (non-hydrogen) atoms. The standard InChI is InChI=1S/C12H21NO/c1-9(2)11-12(10(3)4)14-8-6-5-7-13-11/h5-6,9-10,13H,7-8H2,1-4H3/b6-5-,12-11-. The lowest BCUT2D eigenvalue weighted by molar-refractivity contribution is 0.203. The van der Waals surface area contributed by atoms with Crippen LogP contribution in [-0.4, -0.2) is 13.2 Å². The van der Waals surface area contributed by atoms with Crippen molar-refractivity contribution in [1.82, 2.24) is 5.32 Å². The van der Waals surface area contributed by atoms with E-state index >= 15 is 0 Å². The SMILES string of the molecule is CC(C)/C1=C(\C(C)C)OC/C=C\CN1. The Kier molecular flexibility index (Phi) is 4.05. The van der Waals surface area contributed by atoms with E-state index in [1.54, 1.807) is 0 Å². The van der Waals surface area contributed by atoms with Gasteiger partial charge in [0.2, 0.25) is 0 Å². The second-order valence-corrected chi connectivity index (χ2v) is 4.25. The Morgan fingerprint density at radius 1 is 1.14 bits per heavy atom. The summed E-state index contributed by atoms with van der Waals surface area (Å²) in [6.45, 7) is 10.3. The third kappa shape index (κ3) is 2.79. The average Bonchev–Trinajstić information content (AvgIpc) is 2.01. The van der Waals surface area contributed by atoms with Crippen molar-refractivity contribution in [3.05, 3.63) is 23.6 Å². The Balaban J connectivity index is 2.88. The predicted molar refractivity (Wildman–Crippen MR) is 59.8 cm³/mol. The summed E-state index contributed by atoms with van der Waals surface area (Å²) in [6, 6.07) is 0. The van der Waals surface area contributed by atoms with Crippen LogP contribution in [0.15, 0.2) is 23.6 Å². The normalized spacial score (nSPS) is 25.3. The van der Waals surface area contributed by atoms with Crippen molar-refractivity contribution in [1.29, 1.82) is 0 Å². The Morgan fingerprint density at radius 3 is 2.43 bits per heavy atom. The lowest BCUT2D eigenvalue weighted by Gasteiger charge is -2.23. The summed E-state index contributed by atoms with van der Waals surface area (Å²) >= 11 is 0. The molecule has 0 atom stereocenters. The Morgan fingerprint density at radius 2 is 1.86 bits per heavy atom. The van der Waals surface area contributed by atoms with Gasteiger partial charge in [-0.25, -0.2) is 0 Å². The van der Waals surface area contributed by atoms with Crippen molar-refractivity contribution in [2.75, 3.05) is 13.2 Å². The number of ether oxygens (including phenoxy) is 1. The highest BCUT2D eigenvalue weighted by Gasteiger charge is 2.15. The van der Waals surface area contributed by atoms with E-state index in [4.69, 9.17) is 4.74 Å². The molecule has 0 amide bonds. The Labute approximate surface area is 87.0 Å². The summed E-state index contributed by atoms with van der Waals surface area (Å²) in [4.78, 5) is 0. The highest BCUT2D eigenvalue weighted by atomic mass is 16.5. The molecule has 0 saturated heterocycles. The molecule has 2 heteroatoms. The van der Waals surface area contributed by atoms with E-state index in [1.807, 2.05) is 0 Å². The smallest absolute Gasteiger partial charge is 0.118 e. The number of nitrogens with one attached hydrogen (secondary N) is 1. The largest absolute Gasteiger partial charge is 0.492 e. The highest BCUT2D eigenvalue weighted by molar-refractivity contribution is 5.13. The van der Waals surface area contributed by atoms with Crippen LogP contribution >= 0.6 is 0 Å². The second-order valence-electron chi connectivity index (χ2n) is 4.25. The number of allylic oxidation sites excluding steroid dienone is 2. The first-order valence-corrected chi connectivity index (χ1v) is 5.38. The molecule has 0 bridgehead atoms. The van der Waals surface area contributed by atoms with E-state index in [9.17, 15) is 0 Å². The maximum atomic E-state index is 5.75. The van der Waals surface area contributed by atoms with Gasteiger partial charge in [0.25, 0.3) is 0 Å². The topological polar surface area (TPSA) is 21.3 Å². The van der Waals surface area contributed by atoms with Crippen LogP contribution in [0.1, 0.15) is 27.7 Å². The van der Waals surface area contributed by atoms with Crippen LogP contribution in [0.25, 0.3) is 0 Å². The van der Waals surface area contributed by atoms with Crippen molar-refractivity contribution < 1.29 is 4.74 Å². The van der Waals surface area contributed by atoms with Gasteiger partial charge in [0.1, 0.15) is 12.4 Å². The molecule has 80 valence electrons. The van der Waals surface area contributed by atoms with Crippen LogP contribution in [-0.2, 0) is 4.74 Å². The summed E-state index contributed by atoms with van der Waals surface area (Å²) < 4.78 is 5.75.